The summed E-state index contributed by atoms with van der Waals surface area (Å²) in [6.07, 6.45) is 1.78. The molecule has 0 fully saturated rings. The van der Waals surface area contributed by atoms with Gasteiger partial charge in [0.25, 0.3) is 0 Å². The van der Waals surface area contributed by atoms with Crippen molar-refractivity contribution in [1.29, 1.82) is 0 Å². The standard InChI is InChI=1S/C15H20N4/c1-5-16-9-13-11(3)18-15(19-12(13)4)14-10(2)7-6-8-17-14/h6-8,16H,5,9H2,1-4H3. The van der Waals surface area contributed by atoms with Gasteiger partial charge in [-0.2, -0.15) is 0 Å². The maximum atomic E-state index is 4.60. The van der Waals surface area contributed by atoms with E-state index in [2.05, 4.69) is 27.2 Å². The summed E-state index contributed by atoms with van der Waals surface area (Å²) in [5.74, 6) is 0.716. The van der Waals surface area contributed by atoms with Crippen molar-refractivity contribution in [3.8, 4) is 11.5 Å². The van der Waals surface area contributed by atoms with E-state index in [-0.39, 0.29) is 0 Å². The van der Waals surface area contributed by atoms with Gasteiger partial charge in [0, 0.05) is 29.7 Å². The minimum absolute atomic E-state index is 0.716. The van der Waals surface area contributed by atoms with Gasteiger partial charge in [0.15, 0.2) is 5.82 Å². The van der Waals surface area contributed by atoms with E-state index < -0.39 is 0 Å². The van der Waals surface area contributed by atoms with Gasteiger partial charge in [-0.15, -0.1) is 0 Å². The summed E-state index contributed by atoms with van der Waals surface area (Å²) in [5.41, 5.74) is 5.19. The van der Waals surface area contributed by atoms with Gasteiger partial charge in [0.1, 0.15) is 5.69 Å². The third kappa shape index (κ3) is 2.96. The van der Waals surface area contributed by atoms with Crippen molar-refractivity contribution in [3.05, 3.63) is 40.8 Å². The molecule has 2 rings (SSSR count). The molecular weight excluding hydrogens is 236 g/mol. The van der Waals surface area contributed by atoms with E-state index in [0.29, 0.717) is 5.82 Å². The molecule has 0 saturated heterocycles. The summed E-state index contributed by atoms with van der Waals surface area (Å²) >= 11 is 0. The Bertz CT molecular complexity index is 555. The smallest absolute Gasteiger partial charge is 0.178 e. The van der Waals surface area contributed by atoms with E-state index in [4.69, 9.17) is 0 Å². The van der Waals surface area contributed by atoms with E-state index in [9.17, 15) is 0 Å². The Morgan fingerprint density at radius 1 is 1.11 bits per heavy atom. The molecule has 0 saturated carbocycles. The maximum absolute atomic E-state index is 4.60. The fraction of sp³-hybridized carbons (Fsp3) is 0.400. The fourth-order valence-corrected chi connectivity index (χ4v) is 2.07. The average Bonchev–Trinajstić information content (AvgIpc) is 2.38. The molecule has 0 aliphatic rings. The predicted molar refractivity (Wildman–Crippen MR) is 76.9 cm³/mol. The van der Waals surface area contributed by atoms with Gasteiger partial charge in [-0.05, 0) is 38.9 Å². The van der Waals surface area contributed by atoms with Crippen LogP contribution in [0.1, 0.15) is 29.4 Å². The van der Waals surface area contributed by atoms with Crippen LogP contribution in [0.4, 0.5) is 0 Å². The topological polar surface area (TPSA) is 50.7 Å². The number of aromatic nitrogens is 3. The molecule has 0 radical (unpaired) electrons. The lowest BCUT2D eigenvalue weighted by atomic mass is 10.1. The Morgan fingerprint density at radius 3 is 2.37 bits per heavy atom. The van der Waals surface area contributed by atoms with E-state index in [1.54, 1.807) is 6.20 Å². The van der Waals surface area contributed by atoms with Crippen LogP contribution in [0, 0.1) is 20.8 Å². The fourth-order valence-electron chi connectivity index (χ4n) is 2.07. The summed E-state index contributed by atoms with van der Waals surface area (Å²) in [5, 5.41) is 3.32. The Hall–Kier alpha value is -1.81. The molecule has 19 heavy (non-hydrogen) atoms. The number of aryl methyl sites for hydroxylation is 3. The third-order valence-corrected chi connectivity index (χ3v) is 3.19. The van der Waals surface area contributed by atoms with Gasteiger partial charge in [0.05, 0.1) is 0 Å². The Balaban J connectivity index is 2.43. The molecular formula is C15H20N4. The van der Waals surface area contributed by atoms with Crippen LogP contribution in [-0.4, -0.2) is 21.5 Å². The van der Waals surface area contributed by atoms with Crippen LogP contribution in [0.3, 0.4) is 0 Å². The van der Waals surface area contributed by atoms with Crippen molar-refractivity contribution in [2.45, 2.75) is 34.2 Å². The van der Waals surface area contributed by atoms with Crippen LogP contribution in [0.15, 0.2) is 18.3 Å². The van der Waals surface area contributed by atoms with Crippen LogP contribution >= 0.6 is 0 Å². The van der Waals surface area contributed by atoms with Crippen molar-refractivity contribution in [3.63, 3.8) is 0 Å². The van der Waals surface area contributed by atoms with Crippen LogP contribution < -0.4 is 5.32 Å². The first-order valence-corrected chi connectivity index (χ1v) is 6.60. The van der Waals surface area contributed by atoms with Gasteiger partial charge < -0.3 is 5.32 Å². The second kappa shape index (κ2) is 5.89. The number of hydrogen-bond acceptors (Lipinski definition) is 4. The zero-order valence-electron chi connectivity index (χ0n) is 12.0. The Labute approximate surface area is 114 Å². The molecule has 0 unspecified atom stereocenters. The Kier molecular flexibility index (Phi) is 4.22. The number of nitrogens with one attached hydrogen (secondary N) is 1. The molecule has 0 spiro atoms. The number of hydrogen-bond donors (Lipinski definition) is 1. The van der Waals surface area contributed by atoms with Crippen molar-refractivity contribution >= 4 is 0 Å². The first-order chi connectivity index (χ1) is 9.13. The quantitative estimate of drug-likeness (QED) is 0.913. The molecule has 2 aromatic heterocycles. The second-order valence-corrected chi connectivity index (χ2v) is 4.65. The molecule has 100 valence electrons. The maximum Gasteiger partial charge on any atom is 0.178 e. The molecule has 1 N–H and O–H groups in total. The molecule has 0 bridgehead atoms. The van der Waals surface area contributed by atoms with E-state index >= 15 is 0 Å². The van der Waals surface area contributed by atoms with Crippen molar-refractivity contribution in [1.82, 2.24) is 20.3 Å². The van der Waals surface area contributed by atoms with Gasteiger partial charge >= 0.3 is 0 Å². The minimum atomic E-state index is 0.716. The summed E-state index contributed by atoms with van der Waals surface area (Å²) in [4.78, 5) is 13.6. The summed E-state index contributed by atoms with van der Waals surface area (Å²) in [6.45, 7) is 9.95. The molecule has 4 nitrogen and oxygen atoms in total. The highest BCUT2D eigenvalue weighted by Gasteiger charge is 2.11. The minimum Gasteiger partial charge on any atom is -0.313 e. The van der Waals surface area contributed by atoms with Gasteiger partial charge in [-0.3, -0.25) is 4.98 Å². The molecule has 0 aromatic carbocycles. The van der Waals surface area contributed by atoms with Gasteiger partial charge in [0.2, 0.25) is 0 Å². The lowest BCUT2D eigenvalue weighted by molar-refractivity contribution is 0.711. The molecule has 2 aromatic rings. The highest BCUT2D eigenvalue weighted by molar-refractivity contribution is 5.54. The monoisotopic (exact) mass is 256 g/mol. The molecule has 0 aliphatic heterocycles. The van der Waals surface area contributed by atoms with Crippen molar-refractivity contribution in [2.75, 3.05) is 6.54 Å². The van der Waals surface area contributed by atoms with Crippen LogP contribution in [0.5, 0.6) is 0 Å². The van der Waals surface area contributed by atoms with Crippen LogP contribution in [0.2, 0.25) is 0 Å². The molecule has 2 heterocycles. The van der Waals surface area contributed by atoms with Gasteiger partial charge in [-0.1, -0.05) is 13.0 Å². The lowest BCUT2D eigenvalue weighted by Crippen LogP contribution is -2.15. The normalized spacial score (nSPS) is 10.7. The SMILES string of the molecule is CCNCc1c(C)nc(-c2ncccc2C)nc1C. The predicted octanol–water partition coefficient (Wildman–Crippen LogP) is 2.57. The molecule has 0 amide bonds. The number of rotatable bonds is 4. The van der Waals surface area contributed by atoms with Crippen LogP contribution in [0.25, 0.3) is 11.5 Å². The van der Waals surface area contributed by atoms with E-state index in [0.717, 1.165) is 35.7 Å². The first kappa shape index (κ1) is 13.6. The lowest BCUT2D eigenvalue weighted by Gasteiger charge is -2.11. The zero-order chi connectivity index (χ0) is 13.8. The Morgan fingerprint density at radius 2 is 1.79 bits per heavy atom. The number of pyridine rings is 1. The highest BCUT2D eigenvalue weighted by Crippen LogP contribution is 2.19. The number of nitrogens with zero attached hydrogens (tertiary/aromatic N) is 3. The van der Waals surface area contributed by atoms with Crippen molar-refractivity contribution in [2.24, 2.45) is 0 Å². The van der Waals surface area contributed by atoms with Crippen LogP contribution in [-0.2, 0) is 6.54 Å². The molecule has 0 aliphatic carbocycles. The van der Waals surface area contributed by atoms with E-state index in [1.807, 2.05) is 32.9 Å². The van der Waals surface area contributed by atoms with Gasteiger partial charge in [-0.25, -0.2) is 9.97 Å². The summed E-state index contributed by atoms with van der Waals surface area (Å²) < 4.78 is 0. The largest absolute Gasteiger partial charge is 0.313 e. The molecule has 0 atom stereocenters. The van der Waals surface area contributed by atoms with E-state index in [1.165, 1.54) is 5.56 Å². The highest BCUT2D eigenvalue weighted by atomic mass is 14.9. The van der Waals surface area contributed by atoms with Crippen molar-refractivity contribution < 1.29 is 0 Å². The second-order valence-electron chi connectivity index (χ2n) is 4.65. The first-order valence-electron chi connectivity index (χ1n) is 6.60. The zero-order valence-corrected chi connectivity index (χ0v) is 12.0. The summed E-state index contributed by atoms with van der Waals surface area (Å²) in [7, 11) is 0. The summed E-state index contributed by atoms with van der Waals surface area (Å²) in [6, 6.07) is 3.96. The average molecular weight is 256 g/mol. The third-order valence-electron chi connectivity index (χ3n) is 3.19. The molecule has 4 heteroatoms.